The average Bonchev–Trinajstić information content (AvgIpc) is 2.82. The molecule has 2 aromatic rings. The van der Waals surface area contributed by atoms with Crippen LogP contribution in [0.1, 0.15) is 5.56 Å². The van der Waals surface area contributed by atoms with Crippen LogP contribution in [0.3, 0.4) is 0 Å². The van der Waals surface area contributed by atoms with Crippen LogP contribution in [-0.4, -0.2) is 12.6 Å². The van der Waals surface area contributed by atoms with Gasteiger partial charge in [0, 0.05) is 21.6 Å². The Morgan fingerprint density at radius 2 is 2.05 bits per heavy atom. The van der Waals surface area contributed by atoms with Crippen LogP contribution < -0.4 is 10.1 Å². The van der Waals surface area contributed by atoms with Crippen molar-refractivity contribution in [2.45, 2.75) is 12.5 Å². The SMILES string of the molecule is Clc1ccc2c(c1)CC(CNc1ccc(Cl)c(Br)c1)O2. The van der Waals surface area contributed by atoms with Crippen molar-refractivity contribution in [2.24, 2.45) is 0 Å². The number of ether oxygens (including phenoxy) is 1. The Kier molecular flexibility index (Phi) is 4.11. The molecule has 0 bridgehead atoms. The summed E-state index contributed by atoms with van der Waals surface area (Å²) in [6.07, 6.45) is 0.996. The fourth-order valence-electron chi connectivity index (χ4n) is 2.24. The van der Waals surface area contributed by atoms with Crippen LogP contribution in [0.15, 0.2) is 40.9 Å². The molecule has 104 valence electrons. The lowest BCUT2D eigenvalue weighted by Crippen LogP contribution is -2.23. The lowest BCUT2D eigenvalue weighted by atomic mass is 10.1. The summed E-state index contributed by atoms with van der Waals surface area (Å²) in [7, 11) is 0. The van der Waals surface area contributed by atoms with E-state index in [1.54, 1.807) is 0 Å². The van der Waals surface area contributed by atoms with E-state index in [2.05, 4.69) is 21.2 Å². The number of anilines is 1. The Labute approximate surface area is 136 Å². The van der Waals surface area contributed by atoms with E-state index in [0.717, 1.165) is 33.9 Å². The van der Waals surface area contributed by atoms with Crippen molar-refractivity contribution < 1.29 is 4.74 Å². The molecule has 1 unspecified atom stereocenters. The monoisotopic (exact) mass is 371 g/mol. The Morgan fingerprint density at radius 3 is 2.85 bits per heavy atom. The molecular formula is C15H12BrCl2NO. The molecule has 0 spiro atoms. The highest BCUT2D eigenvalue weighted by molar-refractivity contribution is 9.10. The van der Waals surface area contributed by atoms with Crippen molar-refractivity contribution in [3.05, 3.63) is 56.5 Å². The van der Waals surface area contributed by atoms with E-state index in [9.17, 15) is 0 Å². The molecule has 2 nitrogen and oxygen atoms in total. The van der Waals surface area contributed by atoms with Crippen molar-refractivity contribution in [3.8, 4) is 5.75 Å². The second-order valence-electron chi connectivity index (χ2n) is 4.71. The van der Waals surface area contributed by atoms with Crippen LogP contribution in [0.5, 0.6) is 5.75 Å². The summed E-state index contributed by atoms with van der Waals surface area (Å²) in [6.45, 7) is 0.736. The Balaban J connectivity index is 1.62. The van der Waals surface area contributed by atoms with Gasteiger partial charge in [-0.25, -0.2) is 0 Å². The van der Waals surface area contributed by atoms with Crippen molar-refractivity contribution in [3.63, 3.8) is 0 Å². The number of hydrogen-bond donors (Lipinski definition) is 1. The molecule has 0 saturated heterocycles. The Bertz CT molecular complexity index is 648. The van der Waals surface area contributed by atoms with Crippen LogP contribution in [0.25, 0.3) is 0 Å². The highest BCUT2D eigenvalue weighted by Crippen LogP contribution is 2.31. The summed E-state index contributed by atoms with van der Waals surface area (Å²) < 4.78 is 6.76. The molecule has 0 fully saturated rings. The summed E-state index contributed by atoms with van der Waals surface area (Å²) in [5, 5.41) is 4.81. The fraction of sp³-hybridized carbons (Fsp3) is 0.200. The zero-order valence-electron chi connectivity index (χ0n) is 10.5. The first-order valence-corrected chi connectivity index (χ1v) is 7.81. The van der Waals surface area contributed by atoms with Gasteiger partial charge in [0.15, 0.2) is 0 Å². The standard InChI is InChI=1S/C15H12BrCl2NO/c16-13-7-11(2-3-14(13)18)19-8-12-6-9-5-10(17)1-4-15(9)20-12/h1-5,7,12,19H,6,8H2. The van der Waals surface area contributed by atoms with Crippen LogP contribution >= 0.6 is 39.1 Å². The molecule has 2 aromatic carbocycles. The highest BCUT2D eigenvalue weighted by Gasteiger charge is 2.22. The van der Waals surface area contributed by atoms with Gasteiger partial charge in [0.05, 0.1) is 11.6 Å². The van der Waals surface area contributed by atoms with Crippen molar-refractivity contribution in [1.82, 2.24) is 0 Å². The molecule has 3 rings (SSSR count). The van der Waals surface area contributed by atoms with Gasteiger partial charge in [-0.3, -0.25) is 0 Å². The minimum absolute atomic E-state index is 0.123. The van der Waals surface area contributed by atoms with Gasteiger partial charge in [0.2, 0.25) is 0 Å². The van der Waals surface area contributed by atoms with Crippen LogP contribution in [0, 0.1) is 0 Å². The molecule has 20 heavy (non-hydrogen) atoms. The number of benzene rings is 2. The third-order valence-corrected chi connectivity index (χ3v) is 4.67. The molecule has 0 radical (unpaired) electrons. The summed E-state index contributed by atoms with van der Waals surface area (Å²) in [5.74, 6) is 0.929. The van der Waals surface area contributed by atoms with E-state index in [0.29, 0.717) is 5.02 Å². The Morgan fingerprint density at radius 1 is 1.20 bits per heavy atom. The van der Waals surface area contributed by atoms with Crippen molar-refractivity contribution >= 4 is 44.8 Å². The molecule has 0 aliphatic carbocycles. The zero-order chi connectivity index (χ0) is 14.1. The third kappa shape index (κ3) is 3.05. The maximum Gasteiger partial charge on any atom is 0.123 e. The van der Waals surface area contributed by atoms with Gasteiger partial charge in [-0.05, 0) is 57.9 Å². The number of fused-ring (bicyclic) bond motifs is 1. The largest absolute Gasteiger partial charge is 0.488 e. The quantitative estimate of drug-likeness (QED) is 0.802. The molecule has 1 atom stereocenters. The second-order valence-corrected chi connectivity index (χ2v) is 6.40. The number of halogens is 3. The van der Waals surface area contributed by atoms with Gasteiger partial charge >= 0.3 is 0 Å². The predicted octanol–water partition coefficient (Wildman–Crippen LogP) is 5.17. The second kappa shape index (κ2) is 5.84. The molecule has 1 N–H and O–H groups in total. The van der Waals surface area contributed by atoms with E-state index in [4.69, 9.17) is 27.9 Å². The lowest BCUT2D eigenvalue weighted by molar-refractivity contribution is 0.246. The Hall–Kier alpha value is -0.900. The van der Waals surface area contributed by atoms with Gasteiger partial charge in [0.25, 0.3) is 0 Å². The van der Waals surface area contributed by atoms with Gasteiger partial charge in [-0.1, -0.05) is 23.2 Å². The van der Waals surface area contributed by atoms with Gasteiger partial charge in [-0.15, -0.1) is 0 Å². The summed E-state index contributed by atoms with van der Waals surface area (Å²) in [4.78, 5) is 0. The molecule has 1 heterocycles. The van der Waals surface area contributed by atoms with Crippen LogP contribution in [-0.2, 0) is 6.42 Å². The third-order valence-electron chi connectivity index (χ3n) is 3.22. The molecule has 0 aromatic heterocycles. The van der Waals surface area contributed by atoms with Crippen molar-refractivity contribution in [1.29, 1.82) is 0 Å². The molecule has 5 heteroatoms. The zero-order valence-corrected chi connectivity index (χ0v) is 13.6. The van der Waals surface area contributed by atoms with Crippen molar-refractivity contribution in [2.75, 3.05) is 11.9 Å². The van der Waals surface area contributed by atoms with E-state index in [1.165, 1.54) is 5.56 Å². The number of nitrogens with one attached hydrogen (secondary N) is 1. The molecule has 1 aliphatic rings. The highest BCUT2D eigenvalue weighted by atomic mass is 79.9. The topological polar surface area (TPSA) is 21.3 Å². The minimum Gasteiger partial charge on any atom is -0.488 e. The summed E-state index contributed by atoms with van der Waals surface area (Å²) in [5.41, 5.74) is 2.18. The number of rotatable bonds is 3. The molecular weight excluding hydrogens is 361 g/mol. The minimum atomic E-state index is 0.123. The summed E-state index contributed by atoms with van der Waals surface area (Å²) >= 11 is 15.4. The first-order chi connectivity index (χ1) is 9.61. The smallest absolute Gasteiger partial charge is 0.123 e. The van der Waals surface area contributed by atoms with E-state index >= 15 is 0 Å². The van der Waals surface area contributed by atoms with Crippen LogP contribution in [0.4, 0.5) is 5.69 Å². The average molecular weight is 373 g/mol. The normalized spacial score (nSPS) is 16.6. The molecule has 0 amide bonds. The first-order valence-electron chi connectivity index (χ1n) is 6.26. The van der Waals surface area contributed by atoms with Gasteiger partial charge in [-0.2, -0.15) is 0 Å². The van der Waals surface area contributed by atoms with Crippen LogP contribution in [0.2, 0.25) is 10.0 Å². The lowest BCUT2D eigenvalue weighted by Gasteiger charge is -2.13. The molecule has 1 aliphatic heterocycles. The fourth-order valence-corrected chi connectivity index (χ4v) is 2.93. The van der Waals surface area contributed by atoms with Gasteiger partial charge < -0.3 is 10.1 Å². The van der Waals surface area contributed by atoms with Gasteiger partial charge in [0.1, 0.15) is 11.9 Å². The molecule has 0 saturated carbocycles. The first kappa shape index (κ1) is 14.1. The maximum atomic E-state index is 5.99. The predicted molar refractivity (Wildman–Crippen MR) is 87.2 cm³/mol. The van der Waals surface area contributed by atoms with E-state index < -0.39 is 0 Å². The maximum absolute atomic E-state index is 5.99. The van der Waals surface area contributed by atoms with E-state index in [1.807, 2.05) is 36.4 Å². The van der Waals surface area contributed by atoms with E-state index in [-0.39, 0.29) is 6.10 Å². The summed E-state index contributed by atoms with van der Waals surface area (Å²) in [6, 6.07) is 11.5. The number of hydrogen-bond acceptors (Lipinski definition) is 2.